The third-order valence-electron chi connectivity index (χ3n) is 2.65. The van der Waals surface area contributed by atoms with Crippen LogP contribution in [0.5, 0.6) is 0 Å². The van der Waals surface area contributed by atoms with Gasteiger partial charge in [-0.3, -0.25) is 0 Å². The Labute approximate surface area is 150 Å². The van der Waals surface area contributed by atoms with Crippen molar-refractivity contribution in [3.63, 3.8) is 0 Å². The average molecular weight is 411 g/mol. The molecule has 1 aliphatic carbocycles. The SMILES string of the molecule is C[N-]B(C)C[C@@H]1CCCC1Br.C[N-]C.C[N-]C.[CH3-].[Zr+4]. The first-order valence-corrected chi connectivity index (χ1v) is 7.17. The molecule has 112 valence electrons. The van der Waals surface area contributed by atoms with E-state index >= 15 is 0 Å². The summed E-state index contributed by atoms with van der Waals surface area (Å²) < 4.78 is 0. The van der Waals surface area contributed by atoms with Crippen LogP contribution in [-0.4, -0.2) is 46.9 Å². The molecule has 0 amide bonds. The largest absolute Gasteiger partial charge is 4.00 e. The fraction of sp³-hybridized carbons (Fsp3) is 0.923. The van der Waals surface area contributed by atoms with E-state index in [9.17, 15) is 0 Å². The van der Waals surface area contributed by atoms with Gasteiger partial charge in [-0.1, -0.05) is 35.1 Å². The predicted molar refractivity (Wildman–Crippen MR) is 92.6 cm³/mol. The van der Waals surface area contributed by atoms with Crippen LogP contribution >= 0.6 is 15.9 Å². The first-order chi connectivity index (χ1) is 8.06. The maximum absolute atomic E-state index is 4.27. The summed E-state index contributed by atoms with van der Waals surface area (Å²) in [6, 6.07) is 0. The molecule has 0 spiro atoms. The number of rotatable bonds is 3. The van der Waals surface area contributed by atoms with E-state index < -0.39 is 0 Å². The van der Waals surface area contributed by atoms with Crippen LogP contribution in [0.3, 0.4) is 0 Å². The Morgan fingerprint density at radius 3 is 1.74 bits per heavy atom. The standard InChI is InChI=1S/C8H16BBrN.2C2H6N.CH3.Zr/c1-9(11-2)6-7-4-3-5-8(7)10;2*1-3-2;;/h7-8H,3-6H2,1-2H3;2*1-2H3;1H3;/q4*-1;+4/t7-,8?;;;;/m0..../s1. The molecule has 0 aromatic rings. The van der Waals surface area contributed by atoms with Crippen LogP contribution in [-0.2, 0) is 26.2 Å². The minimum Gasteiger partial charge on any atom is -0.689 e. The Morgan fingerprint density at radius 2 is 1.47 bits per heavy atom. The summed E-state index contributed by atoms with van der Waals surface area (Å²) in [6.45, 7) is 2.76. The van der Waals surface area contributed by atoms with Gasteiger partial charge in [0.1, 0.15) is 0 Å². The van der Waals surface area contributed by atoms with Gasteiger partial charge in [-0.25, -0.2) is 0 Å². The van der Waals surface area contributed by atoms with Crippen molar-refractivity contribution in [2.45, 2.75) is 37.2 Å². The van der Waals surface area contributed by atoms with Gasteiger partial charge in [0.05, 0.1) is 0 Å². The molecule has 0 bridgehead atoms. The van der Waals surface area contributed by atoms with E-state index in [1.807, 2.05) is 7.05 Å². The second-order valence-electron chi connectivity index (χ2n) is 4.44. The van der Waals surface area contributed by atoms with E-state index in [-0.39, 0.29) is 33.6 Å². The molecule has 0 saturated heterocycles. The van der Waals surface area contributed by atoms with E-state index in [0.29, 0.717) is 6.85 Å². The van der Waals surface area contributed by atoms with E-state index in [1.165, 1.54) is 25.6 Å². The number of halogens is 1. The molecule has 0 N–H and O–H groups in total. The van der Waals surface area contributed by atoms with Gasteiger partial charge in [0.15, 0.2) is 0 Å². The molecule has 19 heavy (non-hydrogen) atoms. The minimum absolute atomic E-state index is 0. The van der Waals surface area contributed by atoms with Crippen LogP contribution in [0.25, 0.3) is 15.9 Å². The monoisotopic (exact) mass is 409 g/mol. The van der Waals surface area contributed by atoms with Gasteiger partial charge in [-0.15, -0.1) is 6.82 Å². The second kappa shape index (κ2) is 21.6. The first kappa shape index (κ1) is 28.5. The molecule has 1 saturated carbocycles. The molecular weight excluding hydrogens is 380 g/mol. The van der Waals surface area contributed by atoms with Crippen molar-refractivity contribution in [3.05, 3.63) is 23.3 Å². The molecule has 6 heteroatoms. The quantitative estimate of drug-likeness (QED) is 0.362. The van der Waals surface area contributed by atoms with Gasteiger partial charge < -0.3 is 23.3 Å². The zero-order valence-electron chi connectivity index (χ0n) is 13.8. The number of alkyl halides is 1. The number of hydrogen-bond acceptors (Lipinski definition) is 0. The molecule has 0 radical (unpaired) electrons. The molecule has 1 rings (SSSR count). The number of hydrogen-bond donors (Lipinski definition) is 0. The topological polar surface area (TPSA) is 42.3 Å². The van der Waals surface area contributed by atoms with Crippen molar-refractivity contribution >= 4 is 22.8 Å². The first-order valence-electron chi connectivity index (χ1n) is 6.26. The summed E-state index contributed by atoms with van der Waals surface area (Å²) in [5.74, 6) is 0.883. The van der Waals surface area contributed by atoms with Gasteiger partial charge in [0, 0.05) is 11.7 Å². The smallest absolute Gasteiger partial charge is 0.689 e. The Hall–Kier alpha value is 1.31. The van der Waals surface area contributed by atoms with Gasteiger partial charge >= 0.3 is 26.2 Å². The van der Waals surface area contributed by atoms with Crippen molar-refractivity contribution in [2.24, 2.45) is 5.92 Å². The van der Waals surface area contributed by atoms with E-state index in [4.69, 9.17) is 0 Å². The third kappa shape index (κ3) is 19.3. The van der Waals surface area contributed by atoms with Crippen LogP contribution in [0, 0.1) is 13.3 Å². The fourth-order valence-corrected chi connectivity index (χ4v) is 2.60. The fourth-order valence-electron chi connectivity index (χ4n) is 1.80. The second-order valence-corrected chi connectivity index (χ2v) is 5.62. The molecule has 0 aromatic heterocycles. The Kier molecular flexibility index (Phi) is 32.4. The van der Waals surface area contributed by atoms with Crippen molar-refractivity contribution in [2.75, 3.05) is 35.2 Å². The molecule has 1 unspecified atom stereocenters. The van der Waals surface area contributed by atoms with Gasteiger partial charge in [0.2, 0.25) is 0 Å². The predicted octanol–water partition coefficient (Wildman–Crippen LogP) is 4.86. The molecular formula is C13H31BBrN3Zr. The summed E-state index contributed by atoms with van der Waals surface area (Å²) in [5, 5.41) is 11.3. The maximum atomic E-state index is 4.27. The maximum Gasteiger partial charge on any atom is 4.00 e. The molecule has 3 nitrogen and oxygen atoms in total. The van der Waals surface area contributed by atoms with Crippen LogP contribution in [0.1, 0.15) is 19.3 Å². The van der Waals surface area contributed by atoms with Gasteiger partial charge in [0.25, 0.3) is 0 Å². The van der Waals surface area contributed by atoms with E-state index in [1.54, 1.807) is 28.2 Å². The number of nitrogens with zero attached hydrogens (tertiary/aromatic N) is 3. The van der Waals surface area contributed by atoms with Crippen LogP contribution in [0.4, 0.5) is 0 Å². The van der Waals surface area contributed by atoms with Crippen molar-refractivity contribution in [3.8, 4) is 0 Å². The summed E-state index contributed by atoms with van der Waals surface area (Å²) in [4.78, 5) is 0.770. The summed E-state index contributed by atoms with van der Waals surface area (Å²) in [6.07, 6.45) is 5.43. The van der Waals surface area contributed by atoms with E-state index in [2.05, 4.69) is 38.6 Å². The third-order valence-corrected chi connectivity index (χ3v) is 3.86. The van der Waals surface area contributed by atoms with Crippen LogP contribution < -0.4 is 0 Å². The summed E-state index contributed by atoms with van der Waals surface area (Å²) in [5.41, 5.74) is 0. The van der Waals surface area contributed by atoms with Gasteiger partial charge in [-0.05, 0) is 12.3 Å². The summed E-state index contributed by atoms with van der Waals surface area (Å²) >= 11 is 3.72. The molecule has 1 aliphatic rings. The Morgan fingerprint density at radius 1 is 1.05 bits per heavy atom. The van der Waals surface area contributed by atoms with Crippen molar-refractivity contribution in [1.82, 2.24) is 0 Å². The molecule has 0 aliphatic heterocycles. The minimum atomic E-state index is 0. The molecule has 2 atom stereocenters. The van der Waals surface area contributed by atoms with Crippen LogP contribution in [0.15, 0.2) is 0 Å². The van der Waals surface area contributed by atoms with Crippen molar-refractivity contribution < 1.29 is 26.2 Å². The average Bonchev–Trinajstić information content (AvgIpc) is 2.66. The normalized spacial score (nSPS) is 19.7. The van der Waals surface area contributed by atoms with Crippen LogP contribution in [0.2, 0.25) is 13.1 Å². The zero-order chi connectivity index (χ0) is 13.7. The summed E-state index contributed by atoms with van der Waals surface area (Å²) in [7, 11) is 8.92. The Balaban J connectivity index is -0.000000122. The molecule has 0 heterocycles. The Bertz CT molecular complexity index is 154. The molecule has 0 aromatic carbocycles. The van der Waals surface area contributed by atoms with Gasteiger partial charge in [-0.2, -0.15) is 35.2 Å². The zero-order valence-corrected chi connectivity index (χ0v) is 17.8. The molecule has 1 fully saturated rings. The van der Waals surface area contributed by atoms with E-state index in [0.717, 1.165) is 10.7 Å². The van der Waals surface area contributed by atoms with Crippen molar-refractivity contribution in [1.29, 1.82) is 0 Å².